The monoisotopic (exact) mass is 405 g/mol. The normalized spacial score (nSPS) is 18.8. The number of aliphatic carboxylic acids is 1. The van der Waals surface area contributed by atoms with Gasteiger partial charge in [0.05, 0.1) is 25.7 Å². The van der Waals surface area contributed by atoms with E-state index in [1.54, 1.807) is 0 Å². The Labute approximate surface area is 171 Å². The van der Waals surface area contributed by atoms with Crippen molar-refractivity contribution < 1.29 is 29.0 Å². The molecule has 2 N–H and O–H groups in total. The van der Waals surface area contributed by atoms with Gasteiger partial charge in [-0.3, -0.25) is 14.4 Å². The molecule has 0 spiro atoms. The second kappa shape index (κ2) is 12.3. The zero-order valence-electron chi connectivity index (χ0n) is 17.0. The molecule has 29 heavy (non-hydrogen) atoms. The molecule has 1 saturated carbocycles. The number of hydrogen-bond acceptors (Lipinski definition) is 5. The maximum Gasteiger partial charge on any atom is 0.306 e. The molecule has 1 aliphatic carbocycles. The number of carbonyl (C=O) groups excluding carboxylic acids is 2. The average molecular weight is 405 g/mol. The van der Waals surface area contributed by atoms with E-state index in [9.17, 15) is 19.5 Å². The summed E-state index contributed by atoms with van der Waals surface area (Å²) in [7, 11) is 0. The number of Topliss-reactive ketones (excluding diaryl/α,β-unsaturated/α-hetero) is 1. The average Bonchev–Trinajstić information content (AvgIpc) is 3.52. The van der Waals surface area contributed by atoms with E-state index in [1.807, 2.05) is 37.3 Å². The van der Waals surface area contributed by atoms with Gasteiger partial charge < -0.3 is 19.9 Å². The van der Waals surface area contributed by atoms with Crippen molar-refractivity contribution in [2.75, 3.05) is 33.0 Å². The fourth-order valence-corrected chi connectivity index (χ4v) is 3.35. The van der Waals surface area contributed by atoms with Crippen molar-refractivity contribution in [2.45, 2.75) is 38.5 Å². The van der Waals surface area contributed by atoms with Gasteiger partial charge in [0, 0.05) is 31.9 Å². The number of ether oxygens (including phenoxy) is 2. The van der Waals surface area contributed by atoms with Crippen LogP contribution in [0.1, 0.15) is 44.1 Å². The summed E-state index contributed by atoms with van der Waals surface area (Å²) in [5, 5.41) is 12.1. The maximum absolute atomic E-state index is 12.5. The van der Waals surface area contributed by atoms with Crippen molar-refractivity contribution in [2.24, 2.45) is 11.8 Å². The molecule has 2 unspecified atom stereocenters. The minimum atomic E-state index is -1.03. The first-order chi connectivity index (χ1) is 14.0. The van der Waals surface area contributed by atoms with Gasteiger partial charge in [-0.25, -0.2) is 0 Å². The molecule has 0 radical (unpaired) electrons. The van der Waals surface area contributed by atoms with Gasteiger partial charge in [0.1, 0.15) is 5.78 Å². The number of carboxylic acids is 1. The van der Waals surface area contributed by atoms with Gasteiger partial charge in [-0.1, -0.05) is 30.3 Å². The van der Waals surface area contributed by atoms with Crippen LogP contribution in [0, 0.1) is 11.8 Å². The van der Waals surface area contributed by atoms with E-state index in [0.717, 1.165) is 12.0 Å². The highest BCUT2D eigenvalue weighted by Crippen LogP contribution is 2.48. The molecule has 0 saturated heterocycles. The topological polar surface area (TPSA) is 102 Å². The second-order valence-corrected chi connectivity index (χ2v) is 7.26. The third-order valence-corrected chi connectivity index (χ3v) is 5.09. The van der Waals surface area contributed by atoms with Crippen LogP contribution in [0.5, 0.6) is 0 Å². The lowest BCUT2D eigenvalue weighted by molar-refractivity contribution is -0.144. The molecule has 1 aliphatic rings. The lowest BCUT2D eigenvalue weighted by Crippen LogP contribution is -2.29. The summed E-state index contributed by atoms with van der Waals surface area (Å²) in [6.07, 6.45) is 0.993. The Hall–Kier alpha value is -2.25. The zero-order valence-corrected chi connectivity index (χ0v) is 17.0. The summed E-state index contributed by atoms with van der Waals surface area (Å²) in [5.74, 6) is -2.00. The molecule has 0 heterocycles. The standard InChI is InChI=1S/C22H31NO6/c1-2-28-12-13-29-11-10-23-21(25)9-8-17(22(26)27)14-20(24)19-15-18(19)16-6-4-3-5-7-16/h3-7,17-19H,2,8-15H2,1H3,(H,23,25)(H,26,27)/t17-,18?,19?/m1/s1. The highest BCUT2D eigenvalue weighted by molar-refractivity contribution is 5.88. The number of rotatable bonds is 15. The number of carboxylic acid groups (broad SMARTS) is 1. The fourth-order valence-electron chi connectivity index (χ4n) is 3.35. The van der Waals surface area contributed by atoms with E-state index in [1.165, 1.54) is 0 Å². The summed E-state index contributed by atoms with van der Waals surface area (Å²) in [6.45, 7) is 4.28. The highest BCUT2D eigenvalue weighted by Gasteiger charge is 2.44. The second-order valence-electron chi connectivity index (χ2n) is 7.26. The summed E-state index contributed by atoms with van der Waals surface area (Å²) < 4.78 is 10.4. The zero-order chi connectivity index (χ0) is 21.1. The van der Waals surface area contributed by atoms with E-state index in [0.29, 0.717) is 33.0 Å². The first kappa shape index (κ1) is 23.0. The van der Waals surface area contributed by atoms with Crippen LogP contribution in [0.2, 0.25) is 0 Å². The van der Waals surface area contributed by atoms with Gasteiger partial charge in [-0.2, -0.15) is 0 Å². The number of carbonyl (C=O) groups is 3. The van der Waals surface area contributed by atoms with E-state index in [4.69, 9.17) is 9.47 Å². The highest BCUT2D eigenvalue weighted by atomic mass is 16.5. The largest absolute Gasteiger partial charge is 0.481 e. The van der Waals surface area contributed by atoms with Gasteiger partial charge >= 0.3 is 5.97 Å². The van der Waals surface area contributed by atoms with Crippen molar-refractivity contribution in [1.29, 1.82) is 0 Å². The Bertz CT molecular complexity index is 663. The van der Waals surface area contributed by atoms with Crippen LogP contribution >= 0.6 is 0 Å². The maximum atomic E-state index is 12.5. The van der Waals surface area contributed by atoms with Crippen molar-refractivity contribution in [3.8, 4) is 0 Å². The van der Waals surface area contributed by atoms with Crippen molar-refractivity contribution in [1.82, 2.24) is 5.32 Å². The van der Waals surface area contributed by atoms with E-state index >= 15 is 0 Å². The third kappa shape index (κ3) is 8.33. The molecule has 1 aromatic carbocycles. The Balaban J connectivity index is 1.65. The predicted octanol–water partition coefficient (Wildman–Crippen LogP) is 2.40. The van der Waals surface area contributed by atoms with Crippen LogP contribution in [0.25, 0.3) is 0 Å². The van der Waals surface area contributed by atoms with Crippen molar-refractivity contribution >= 4 is 17.7 Å². The van der Waals surface area contributed by atoms with Crippen LogP contribution < -0.4 is 5.32 Å². The van der Waals surface area contributed by atoms with E-state index in [2.05, 4.69) is 5.32 Å². The third-order valence-electron chi connectivity index (χ3n) is 5.09. The van der Waals surface area contributed by atoms with Crippen LogP contribution in [0.4, 0.5) is 0 Å². The van der Waals surface area contributed by atoms with E-state index < -0.39 is 11.9 Å². The lowest BCUT2D eigenvalue weighted by Gasteiger charge is -2.12. The Morgan fingerprint density at radius 2 is 1.86 bits per heavy atom. The summed E-state index contributed by atoms with van der Waals surface area (Å²) in [6, 6.07) is 9.81. The smallest absolute Gasteiger partial charge is 0.306 e. The molecular weight excluding hydrogens is 374 g/mol. The Morgan fingerprint density at radius 3 is 2.55 bits per heavy atom. The first-order valence-electron chi connectivity index (χ1n) is 10.3. The molecule has 7 heteroatoms. The van der Waals surface area contributed by atoms with Crippen LogP contribution in [-0.2, 0) is 23.9 Å². The quantitative estimate of drug-likeness (QED) is 0.435. The molecule has 1 aromatic rings. The van der Waals surface area contributed by atoms with Crippen molar-refractivity contribution in [3.05, 3.63) is 35.9 Å². The number of ketones is 1. The molecule has 0 aliphatic heterocycles. The minimum absolute atomic E-state index is 0.0167. The summed E-state index contributed by atoms with van der Waals surface area (Å²) in [5.41, 5.74) is 1.13. The molecule has 1 amide bonds. The molecule has 7 nitrogen and oxygen atoms in total. The molecule has 3 atom stereocenters. The number of hydrogen-bond donors (Lipinski definition) is 2. The molecule has 1 fully saturated rings. The SMILES string of the molecule is CCOCCOCCNC(=O)CC[C@H](CC(=O)C1CC1c1ccccc1)C(=O)O. The fraction of sp³-hybridized carbons (Fsp3) is 0.591. The summed E-state index contributed by atoms with van der Waals surface area (Å²) in [4.78, 5) is 35.9. The van der Waals surface area contributed by atoms with Crippen molar-refractivity contribution in [3.63, 3.8) is 0 Å². The van der Waals surface area contributed by atoms with Crippen LogP contribution in [0.3, 0.4) is 0 Å². The first-order valence-corrected chi connectivity index (χ1v) is 10.3. The Morgan fingerprint density at radius 1 is 1.14 bits per heavy atom. The van der Waals surface area contributed by atoms with Gasteiger partial charge in [0.25, 0.3) is 0 Å². The lowest BCUT2D eigenvalue weighted by atomic mass is 9.94. The van der Waals surface area contributed by atoms with Gasteiger partial charge in [-0.15, -0.1) is 0 Å². The van der Waals surface area contributed by atoms with Crippen LogP contribution in [-0.4, -0.2) is 55.7 Å². The molecule has 0 aromatic heterocycles. The minimum Gasteiger partial charge on any atom is -0.481 e. The van der Waals surface area contributed by atoms with Gasteiger partial charge in [0.15, 0.2) is 0 Å². The number of amides is 1. The van der Waals surface area contributed by atoms with Gasteiger partial charge in [0.2, 0.25) is 5.91 Å². The molecule has 2 rings (SSSR count). The molecule has 0 bridgehead atoms. The van der Waals surface area contributed by atoms with Gasteiger partial charge in [-0.05, 0) is 31.2 Å². The molecule has 160 valence electrons. The predicted molar refractivity (Wildman–Crippen MR) is 108 cm³/mol. The number of benzene rings is 1. The summed E-state index contributed by atoms with van der Waals surface area (Å²) >= 11 is 0. The molecular formula is C22H31NO6. The van der Waals surface area contributed by atoms with E-state index in [-0.39, 0.29) is 42.8 Å². The van der Waals surface area contributed by atoms with Crippen LogP contribution in [0.15, 0.2) is 30.3 Å². The Kier molecular flexibility index (Phi) is 9.80. The number of nitrogens with one attached hydrogen (secondary N) is 1.